The number of carbonyl (C=O) groups excluding carboxylic acids is 4. The van der Waals surface area contributed by atoms with E-state index in [9.17, 15) is 52.8 Å². The molecule has 0 bridgehead atoms. The molecule has 4 aliphatic rings. The first-order chi connectivity index (χ1) is 52.9. The number of fused-ring (bicyclic) bond motifs is 4. The molecule has 0 saturated heterocycles. The van der Waals surface area contributed by atoms with Crippen LogP contribution in [0.2, 0.25) is 20.1 Å². The normalized spacial score (nSPS) is 24.1. The molecule has 5 unspecified atom stereocenters. The molecular formula is C85H103Cl4F3N4O10. The smallest absolute Gasteiger partial charge is 0.250 e. The second-order valence-electron chi connectivity index (χ2n) is 30.5. The Morgan fingerprint density at radius 3 is 1.16 bits per heavy atom. The van der Waals surface area contributed by atoms with Gasteiger partial charge in [0.2, 0.25) is 0 Å². The van der Waals surface area contributed by atoms with E-state index in [4.69, 9.17) is 64.1 Å². The van der Waals surface area contributed by atoms with Gasteiger partial charge in [-0.1, -0.05) is 136 Å². The van der Waals surface area contributed by atoms with E-state index in [0.29, 0.717) is 121 Å². The first kappa shape index (κ1) is 73.8. The minimum absolute atomic E-state index is 0.0143. The Hall–Kier alpha value is -6.35. The highest BCUT2D eigenvalue weighted by Gasteiger charge is 2.45. The van der Waals surface area contributed by atoms with Gasteiger partial charge < -0.3 is 47.5 Å². The molecule has 0 amide bonds. The Bertz CT molecular complexity index is 4620. The highest BCUT2D eigenvalue weighted by atomic mass is 35.5. The number of aliphatic hydroxyl groups is 4. The van der Waals surface area contributed by atoms with Crippen LogP contribution in [0, 0.1) is 17.8 Å². The van der Waals surface area contributed by atoms with Gasteiger partial charge in [-0.05, 0) is 173 Å². The van der Waals surface area contributed by atoms with Crippen molar-refractivity contribution in [3.8, 4) is 11.3 Å². The minimum Gasteiger partial charge on any atom is -0.390 e. The average molecular weight is 1550 g/mol. The Morgan fingerprint density at radius 1 is 0.462 bits per heavy atom. The third-order valence-electron chi connectivity index (χ3n) is 22.0. The van der Waals surface area contributed by atoms with E-state index in [1.165, 1.54) is 0 Å². The molecule has 4 saturated carbocycles. The van der Waals surface area contributed by atoms with E-state index in [1.807, 2.05) is 67.9 Å². The van der Waals surface area contributed by atoms with Crippen molar-refractivity contribution in [1.82, 2.24) is 17.6 Å². The molecule has 0 aliphatic heterocycles. The molecule has 8 aromatic heterocycles. The van der Waals surface area contributed by atoms with Crippen molar-refractivity contribution in [2.45, 2.75) is 222 Å². The molecule has 7 atom stereocenters. The van der Waals surface area contributed by atoms with Crippen LogP contribution in [0.25, 0.3) is 33.3 Å². The van der Waals surface area contributed by atoms with E-state index < -0.39 is 55.5 Å². The zero-order chi connectivity index (χ0) is 81.1. The molecule has 0 spiro atoms. The lowest BCUT2D eigenvalue weighted by molar-refractivity contribution is -0.126. The Labute approximate surface area is 648 Å². The maximum absolute atomic E-state index is 13.6. The Kier molecular flexibility index (Phi) is 25.4. The van der Waals surface area contributed by atoms with Crippen molar-refractivity contribution < 1.29 is 70.5 Å². The molecule has 0 radical (unpaired) electrons. The number of rotatable bonds is 25. The molecule has 13 rings (SSSR count). The topological polar surface area (TPSA) is 185 Å². The lowest BCUT2D eigenvalue weighted by Gasteiger charge is -2.36. The summed E-state index contributed by atoms with van der Waals surface area (Å²) in [5, 5.41) is 44.9. The van der Waals surface area contributed by atoms with Crippen molar-refractivity contribution in [3.63, 3.8) is 0 Å². The maximum atomic E-state index is 13.6. The van der Waals surface area contributed by atoms with Crippen molar-refractivity contribution in [1.29, 1.82) is 0 Å². The molecule has 9 aromatic rings. The summed E-state index contributed by atoms with van der Waals surface area (Å²) in [6, 6.07) is 31.2. The van der Waals surface area contributed by atoms with Crippen LogP contribution in [0.1, 0.15) is 242 Å². The quantitative estimate of drug-likeness (QED) is 0.0401. The number of carbonyl (C=O) groups is 4. The second kappa shape index (κ2) is 36.4. The zero-order valence-electron chi connectivity index (χ0n) is 66.7. The van der Waals surface area contributed by atoms with Gasteiger partial charge in [-0.2, -0.15) is 0 Å². The number of ether oxygens (including phenoxy) is 2. The van der Waals surface area contributed by atoms with Crippen molar-refractivity contribution in [2.75, 3.05) is 34.0 Å². The number of Topliss-reactive ketones (excluding diaryl/α,β-unsaturated/α-hetero) is 4. The fourth-order valence-electron chi connectivity index (χ4n) is 16.8. The van der Waals surface area contributed by atoms with Crippen molar-refractivity contribution in [2.24, 2.45) is 17.8 Å². The molecule has 21 heteroatoms. The molecule has 4 fully saturated rings. The molecule has 572 valence electrons. The van der Waals surface area contributed by atoms with Gasteiger partial charge in [0.1, 0.15) is 0 Å². The predicted octanol–water partition coefficient (Wildman–Crippen LogP) is 20.5. The maximum Gasteiger partial charge on any atom is 0.250 e. The van der Waals surface area contributed by atoms with Crippen LogP contribution in [-0.2, 0) is 28.7 Å². The first-order valence-corrected chi connectivity index (χ1v) is 38.8. The standard InChI is InChI=1S/C24H26ClNO2.2C21H28ClNO3.C19H21ClF3NO2/c1-17-7-5-12-24(28,16-17)13-11-22(27)19-15-21(18-8-3-2-4-9-18)26-14-6-10-20(25)23(19)26;2*1-15-5-3-9-21(25,14-15)10-7-19(24)17-13-16(8-12-26-2)23-11-4-6-18(22)20(17)23;20-15-3-1-10-24-13(5-9-21)11-14(17(15)24)16(25)4-8-18(26)6-2-7-19(22,23)12-18/h2-4,6,8-10,14-15,17,28H,5,7,11-13,16H2,1H3;2*4,6,11,13,15,25H,3,5,7-10,12,14H2,1-2H3;1,3,10-11,26H,2,4-9,12H2/t;2*15?,21-;/m.10./s1/i;2*2D3;. The van der Waals surface area contributed by atoms with E-state index in [1.54, 1.807) is 77.6 Å². The fourth-order valence-corrected chi connectivity index (χ4v) is 17.8. The Balaban J connectivity index is 0.000000159. The zero-order valence-corrected chi connectivity index (χ0v) is 63.8. The van der Waals surface area contributed by atoms with Crippen molar-refractivity contribution >= 4 is 91.6 Å². The second-order valence-corrected chi connectivity index (χ2v) is 32.1. The van der Waals surface area contributed by atoms with E-state index in [0.717, 1.165) is 105 Å². The number of alkyl halides is 3. The highest BCUT2D eigenvalue weighted by molar-refractivity contribution is 6.36. The van der Waals surface area contributed by atoms with E-state index >= 15 is 0 Å². The number of methoxy groups -OCH3 is 2. The number of aromatic nitrogens is 4. The predicted molar refractivity (Wildman–Crippen MR) is 416 cm³/mol. The third kappa shape index (κ3) is 20.6. The monoisotopic (exact) mass is 1540 g/mol. The molecule has 1 aromatic carbocycles. The summed E-state index contributed by atoms with van der Waals surface area (Å²) in [5.41, 5.74) is 4.81. The van der Waals surface area contributed by atoms with Gasteiger partial charge in [-0.15, -0.1) is 0 Å². The van der Waals surface area contributed by atoms with Gasteiger partial charge in [-0.3, -0.25) is 23.6 Å². The van der Waals surface area contributed by atoms with E-state index in [2.05, 4.69) is 20.8 Å². The first-order valence-electron chi connectivity index (χ1n) is 40.3. The molecule has 4 aliphatic carbocycles. The number of aryl methyl sites for hydroxylation is 1. The van der Waals surface area contributed by atoms with Gasteiger partial charge in [0.05, 0.1) is 98.4 Å². The molecule has 14 nitrogen and oxygen atoms in total. The number of nitrogens with zero attached hydrogens (tertiary/aromatic N) is 4. The van der Waals surface area contributed by atoms with Crippen LogP contribution in [0.5, 0.6) is 0 Å². The largest absolute Gasteiger partial charge is 0.390 e. The molecular weight excluding hydrogens is 1440 g/mol. The number of hydrogen-bond acceptors (Lipinski definition) is 10. The number of halogens is 7. The average Bonchev–Trinajstić information content (AvgIpc) is 1.63. The lowest BCUT2D eigenvalue weighted by Crippen LogP contribution is -2.41. The summed E-state index contributed by atoms with van der Waals surface area (Å²) in [4.78, 5) is 51.9. The van der Waals surface area contributed by atoms with Crippen LogP contribution < -0.4 is 0 Å². The molecule has 8 heterocycles. The summed E-state index contributed by atoms with van der Waals surface area (Å²) in [6.07, 6.45) is 20.8. The number of benzene rings is 1. The highest BCUT2D eigenvalue weighted by Crippen LogP contribution is 2.44. The summed E-state index contributed by atoms with van der Waals surface area (Å²) in [7, 11) is -4.90. The van der Waals surface area contributed by atoms with Gasteiger partial charge in [0.25, 0.3) is 5.92 Å². The molecule has 4 N–H and O–H groups in total. The fraction of sp³-hybridized carbons (Fsp3) is 0.506. The van der Waals surface area contributed by atoms with Crippen LogP contribution in [-0.4, -0.2) is 123 Å². The summed E-state index contributed by atoms with van der Waals surface area (Å²) < 4.78 is 100.0. The summed E-state index contributed by atoms with van der Waals surface area (Å²) in [5.74, 6) is -1.81. The number of pyridine rings is 4. The summed E-state index contributed by atoms with van der Waals surface area (Å²) in [6.45, 7) is 5.92. The van der Waals surface area contributed by atoms with Crippen LogP contribution >= 0.6 is 46.4 Å². The third-order valence-corrected chi connectivity index (χ3v) is 23.2. The summed E-state index contributed by atoms with van der Waals surface area (Å²) >= 11 is 25.5. The van der Waals surface area contributed by atoms with Gasteiger partial charge in [-0.25, -0.2) is 8.78 Å². The SMILES string of the molecule is CC1CCCC(O)(CCC(=O)c2cc(-c3ccccc3)n3cccc(Cl)c23)C1.O=C(CCC1(O)CCCC(F)(F)C1)c1cc(CCF)n2cccc(Cl)c12.[2H]C([2H])([2H])OCCc1cc(C(=O)CC[C@@]2(O)CCCC(C)C2)c2c(Cl)cccn12.[2H]C([2H])([2H])OCCc1cc(C(=O)CC[C@]2(O)CCCC(C)C2)c2c(Cl)cccn12. The van der Waals surface area contributed by atoms with Gasteiger partial charge in [0, 0.05) is 136 Å². The van der Waals surface area contributed by atoms with Gasteiger partial charge in [0.15, 0.2) is 23.1 Å². The lowest BCUT2D eigenvalue weighted by atomic mass is 9.76. The Morgan fingerprint density at radius 2 is 0.802 bits per heavy atom. The van der Waals surface area contributed by atoms with Crippen LogP contribution in [0.15, 0.2) is 128 Å². The minimum atomic E-state index is -2.89. The van der Waals surface area contributed by atoms with Crippen molar-refractivity contribution in [3.05, 3.63) is 187 Å². The van der Waals surface area contributed by atoms with Crippen LogP contribution in [0.4, 0.5) is 13.2 Å². The van der Waals surface area contributed by atoms with E-state index in [-0.39, 0.29) is 87.7 Å². The molecule has 106 heavy (non-hydrogen) atoms. The number of ketones is 4. The van der Waals surface area contributed by atoms with Crippen LogP contribution in [0.3, 0.4) is 0 Å². The van der Waals surface area contributed by atoms with Gasteiger partial charge >= 0.3 is 0 Å². The number of hydrogen-bond donors (Lipinski definition) is 4.